The van der Waals surface area contributed by atoms with Gasteiger partial charge in [0.2, 0.25) is 5.88 Å². The van der Waals surface area contributed by atoms with Crippen molar-refractivity contribution >= 4 is 5.71 Å². The summed E-state index contributed by atoms with van der Waals surface area (Å²) in [4.78, 5) is 8.91. The van der Waals surface area contributed by atoms with Crippen molar-refractivity contribution in [1.29, 1.82) is 0 Å². The quantitative estimate of drug-likeness (QED) is 0.852. The van der Waals surface area contributed by atoms with Gasteiger partial charge in [-0.05, 0) is 30.4 Å². The second kappa shape index (κ2) is 4.44. The molecule has 0 aromatic carbocycles. The molecule has 1 aliphatic carbocycles. The number of aromatic nitrogens is 3. The Kier molecular flexibility index (Phi) is 2.58. The highest BCUT2D eigenvalue weighted by Crippen LogP contribution is 2.31. The molecule has 20 heavy (non-hydrogen) atoms. The Morgan fingerprint density at radius 2 is 2.30 bits per heavy atom. The van der Waals surface area contributed by atoms with Gasteiger partial charge in [0.05, 0.1) is 31.1 Å². The Balaban J connectivity index is 1.69. The summed E-state index contributed by atoms with van der Waals surface area (Å²) >= 11 is 0. The summed E-state index contributed by atoms with van der Waals surface area (Å²) in [6.45, 7) is 1.71. The number of fused-ring (bicyclic) bond motifs is 1. The van der Waals surface area contributed by atoms with Crippen LogP contribution in [-0.4, -0.2) is 27.6 Å². The van der Waals surface area contributed by atoms with E-state index < -0.39 is 0 Å². The van der Waals surface area contributed by atoms with Gasteiger partial charge in [-0.25, -0.2) is 4.98 Å². The first kappa shape index (κ1) is 11.6. The van der Waals surface area contributed by atoms with Crippen LogP contribution in [0.25, 0.3) is 0 Å². The molecule has 5 nitrogen and oxygen atoms in total. The number of hydrogen-bond acceptors (Lipinski definition) is 4. The van der Waals surface area contributed by atoms with Crippen molar-refractivity contribution in [2.24, 2.45) is 10.9 Å². The smallest absolute Gasteiger partial charge is 0.222 e. The van der Waals surface area contributed by atoms with Crippen LogP contribution in [0, 0.1) is 5.92 Å². The van der Waals surface area contributed by atoms with E-state index in [2.05, 4.69) is 21.3 Å². The van der Waals surface area contributed by atoms with Crippen LogP contribution >= 0.6 is 0 Å². The monoisotopic (exact) mass is 268 g/mol. The van der Waals surface area contributed by atoms with Gasteiger partial charge in [-0.2, -0.15) is 5.10 Å². The molecule has 0 spiro atoms. The van der Waals surface area contributed by atoms with Crippen molar-refractivity contribution in [2.45, 2.75) is 25.9 Å². The molecule has 0 radical (unpaired) electrons. The Hall–Kier alpha value is -2.17. The van der Waals surface area contributed by atoms with Gasteiger partial charge in [0, 0.05) is 24.5 Å². The predicted molar refractivity (Wildman–Crippen MR) is 75.1 cm³/mol. The van der Waals surface area contributed by atoms with E-state index in [1.807, 2.05) is 16.9 Å². The molecule has 0 N–H and O–H groups in total. The standard InChI is InChI=1S/C15H16N4O/c1-20-15-13-11(4-5-16-15)6-17-14(13)12-7-18-19(9-12)8-10-2-3-10/h4-5,7,9-10H,2-3,6,8H2,1H3. The van der Waals surface area contributed by atoms with Crippen LogP contribution in [0.4, 0.5) is 0 Å². The van der Waals surface area contributed by atoms with Gasteiger partial charge in [-0.3, -0.25) is 9.67 Å². The lowest BCUT2D eigenvalue weighted by atomic mass is 10.0. The van der Waals surface area contributed by atoms with E-state index in [1.54, 1.807) is 13.3 Å². The first-order valence-corrected chi connectivity index (χ1v) is 6.94. The zero-order valence-corrected chi connectivity index (χ0v) is 11.4. The summed E-state index contributed by atoms with van der Waals surface area (Å²) in [6.07, 6.45) is 8.40. The van der Waals surface area contributed by atoms with E-state index >= 15 is 0 Å². The Labute approximate surface area is 117 Å². The summed E-state index contributed by atoms with van der Waals surface area (Å²) in [5.41, 5.74) is 4.19. The molecule has 2 aromatic rings. The summed E-state index contributed by atoms with van der Waals surface area (Å²) in [5.74, 6) is 1.46. The minimum atomic E-state index is 0.647. The molecule has 1 aliphatic heterocycles. The fourth-order valence-corrected chi connectivity index (χ4v) is 2.65. The third kappa shape index (κ3) is 1.90. The minimum absolute atomic E-state index is 0.647. The maximum absolute atomic E-state index is 5.37. The van der Waals surface area contributed by atoms with Crippen LogP contribution in [0.5, 0.6) is 5.88 Å². The van der Waals surface area contributed by atoms with Crippen molar-refractivity contribution in [3.05, 3.63) is 41.3 Å². The van der Waals surface area contributed by atoms with Gasteiger partial charge in [-0.1, -0.05) is 0 Å². The minimum Gasteiger partial charge on any atom is -0.480 e. The Bertz CT molecular complexity index is 685. The summed E-state index contributed by atoms with van der Waals surface area (Å²) < 4.78 is 7.40. The van der Waals surface area contributed by atoms with Crippen LogP contribution in [0.1, 0.15) is 29.5 Å². The number of hydrogen-bond donors (Lipinski definition) is 0. The second-order valence-electron chi connectivity index (χ2n) is 5.41. The van der Waals surface area contributed by atoms with Gasteiger partial charge in [0.25, 0.3) is 0 Å². The molecule has 0 unspecified atom stereocenters. The molecule has 0 bridgehead atoms. The number of nitrogens with zero attached hydrogens (tertiary/aromatic N) is 4. The molecular formula is C15H16N4O. The van der Waals surface area contributed by atoms with Crippen molar-refractivity contribution in [1.82, 2.24) is 14.8 Å². The maximum atomic E-state index is 5.37. The van der Waals surface area contributed by atoms with Gasteiger partial charge in [0.15, 0.2) is 0 Å². The zero-order valence-electron chi connectivity index (χ0n) is 11.4. The van der Waals surface area contributed by atoms with Crippen LogP contribution in [0.3, 0.4) is 0 Å². The molecule has 0 atom stereocenters. The zero-order chi connectivity index (χ0) is 13.5. The summed E-state index contributed by atoms with van der Waals surface area (Å²) in [6, 6.07) is 2.00. The normalized spacial score (nSPS) is 16.9. The highest BCUT2D eigenvalue weighted by Gasteiger charge is 2.25. The predicted octanol–water partition coefficient (Wildman–Crippen LogP) is 2.05. The molecule has 102 valence electrons. The lowest BCUT2D eigenvalue weighted by molar-refractivity contribution is 0.397. The van der Waals surface area contributed by atoms with Gasteiger partial charge < -0.3 is 4.74 Å². The average Bonchev–Trinajstić information content (AvgIpc) is 3.00. The molecule has 2 aromatic heterocycles. The van der Waals surface area contributed by atoms with Crippen LogP contribution in [-0.2, 0) is 13.1 Å². The maximum Gasteiger partial charge on any atom is 0.222 e. The van der Waals surface area contributed by atoms with Crippen LogP contribution in [0.15, 0.2) is 29.6 Å². The SMILES string of the molecule is COc1nccc2c1C(c1cnn(CC3CC3)c1)=NC2. The first-order chi connectivity index (χ1) is 9.85. The molecular weight excluding hydrogens is 252 g/mol. The lowest BCUT2D eigenvalue weighted by Crippen LogP contribution is -2.05. The van der Waals surface area contributed by atoms with E-state index in [4.69, 9.17) is 4.74 Å². The first-order valence-electron chi connectivity index (χ1n) is 6.94. The van der Waals surface area contributed by atoms with Crippen molar-refractivity contribution in [3.8, 4) is 5.88 Å². The molecule has 1 saturated carbocycles. The van der Waals surface area contributed by atoms with Gasteiger partial charge in [-0.15, -0.1) is 0 Å². The Morgan fingerprint density at radius 1 is 1.40 bits per heavy atom. The lowest BCUT2D eigenvalue weighted by Gasteiger charge is -2.06. The molecule has 0 amide bonds. The number of pyridine rings is 1. The fourth-order valence-electron chi connectivity index (χ4n) is 2.65. The largest absolute Gasteiger partial charge is 0.480 e. The van der Waals surface area contributed by atoms with Gasteiger partial charge >= 0.3 is 0 Å². The average molecular weight is 268 g/mol. The van der Waals surface area contributed by atoms with Crippen molar-refractivity contribution in [3.63, 3.8) is 0 Å². The number of ether oxygens (including phenoxy) is 1. The fraction of sp³-hybridized carbons (Fsp3) is 0.400. The van der Waals surface area contributed by atoms with E-state index in [0.29, 0.717) is 12.4 Å². The number of aliphatic imine (C=N–C) groups is 1. The molecule has 5 heteroatoms. The highest BCUT2D eigenvalue weighted by atomic mass is 16.5. The van der Waals surface area contributed by atoms with E-state index in [1.165, 1.54) is 18.4 Å². The van der Waals surface area contributed by atoms with Crippen molar-refractivity contribution < 1.29 is 4.74 Å². The van der Waals surface area contributed by atoms with Crippen LogP contribution in [0.2, 0.25) is 0 Å². The van der Waals surface area contributed by atoms with E-state index in [-0.39, 0.29) is 0 Å². The molecule has 0 saturated heterocycles. The third-order valence-electron chi connectivity index (χ3n) is 3.89. The number of methoxy groups -OCH3 is 1. The molecule has 1 fully saturated rings. The van der Waals surface area contributed by atoms with Gasteiger partial charge in [0.1, 0.15) is 0 Å². The third-order valence-corrected chi connectivity index (χ3v) is 3.89. The molecule has 4 rings (SSSR count). The molecule has 3 heterocycles. The van der Waals surface area contributed by atoms with E-state index in [0.717, 1.165) is 29.3 Å². The molecule has 2 aliphatic rings. The van der Waals surface area contributed by atoms with E-state index in [9.17, 15) is 0 Å². The number of rotatable bonds is 4. The topological polar surface area (TPSA) is 52.3 Å². The van der Waals surface area contributed by atoms with Crippen LogP contribution < -0.4 is 4.74 Å². The second-order valence-corrected chi connectivity index (χ2v) is 5.41. The summed E-state index contributed by atoms with van der Waals surface area (Å²) in [7, 11) is 1.65. The summed E-state index contributed by atoms with van der Waals surface area (Å²) in [5, 5.41) is 4.44. The van der Waals surface area contributed by atoms with Crippen molar-refractivity contribution in [2.75, 3.05) is 7.11 Å². The Morgan fingerprint density at radius 3 is 3.10 bits per heavy atom. The highest BCUT2D eigenvalue weighted by molar-refractivity contribution is 6.16.